The molecule has 2 aromatic heterocycles. The third-order valence-electron chi connectivity index (χ3n) is 6.13. The Bertz CT molecular complexity index is 1150. The number of anilines is 2. The Morgan fingerprint density at radius 3 is 2.91 bits per heavy atom. The Morgan fingerprint density at radius 2 is 2.12 bits per heavy atom. The van der Waals surface area contributed by atoms with Gasteiger partial charge < -0.3 is 19.9 Å². The molecule has 2 N–H and O–H groups in total. The SMILES string of the molecule is N#Cc1cc(-c2ccnc(Nc3cnn(CC4C[C@@H]4CO)c3)n2)ccc1OC1CCOCC1. The molecule has 1 aromatic carbocycles. The van der Waals surface area contributed by atoms with Gasteiger partial charge in [0.1, 0.15) is 17.9 Å². The second kappa shape index (κ2) is 9.57. The van der Waals surface area contributed by atoms with Crippen molar-refractivity contribution in [2.75, 3.05) is 25.1 Å². The summed E-state index contributed by atoms with van der Waals surface area (Å²) in [6, 6.07) is 9.59. The highest BCUT2D eigenvalue weighted by atomic mass is 16.5. The maximum atomic E-state index is 9.65. The summed E-state index contributed by atoms with van der Waals surface area (Å²) < 4.78 is 13.3. The summed E-state index contributed by atoms with van der Waals surface area (Å²) in [6.07, 6.45) is 8.11. The van der Waals surface area contributed by atoms with Gasteiger partial charge in [0.25, 0.3) is 0 Å². The van der Waals surface area contributed by atoms with Crippen LogP contribution in [0.25, 0.3) is 11.3 Å². The van der Waals surface area contributed by atoms with Crippen molar-refractivity contribution in [3.8, 4) is 23.1 Å². The normalized spacial score (nSPS) is 20.2. The van der Waals surface area contributed by atoms with Crippen molar-refractivity contribution < 1.29 is 14.6 Å². The van der Waals surface area contributed by atoms with Gasteiger partial charge in [-0.05, 0) is 42.5 Å². The molecule has 9 nitrogen and oxygen atoms in total. The molecule has 9 heteroatoms. The second-order valence-electron chi connectivity index (χ2n) is 8.53. The van der Waals surface area contributed by atoms with Gasteiger partial charge in [-0.1, -0.05) is 0 Å². The molecule has 2 atom stereocenters. The van der Waals surface area contributed by atoms with Gasteiger partial charge in [-0.15, -0.1) is 0 Å². The average Bonchev–Trinajstić information content (AvgIpc) is 3.47. The third-order valence-corrected chi connectivity index (χ3v) is 6.13. The van der Waals surface area contributed by atoms with E-state index < -0.39 is 0 Å². The molecule has 33 heavy (non-hydrogen) atoms. The summed E-state index contributed by atoms with van der Waals surface area (Å²) in [6.45, 7) is 2.41. The summed E-state index contributed by atoms with van der Waals surface area (Å²) in [5.41, 5.74) is 2.80. The lowest BCUT2D eigenvalue weighted by molar-refractivity contribution is 0.0254. The predicted octanol–water partition coefficient (Wildman–Crippen LogP) is 3.14. The summed E-state index contributed by atoms with van der Waals surface area (Å²) in [7, 11) is 0. The number of hydrogen-bond donors (Lipinski definition) is 2. The zero-order chi connectivity index (χ0) is 22.6. The number of aromatic nitrogens is 4. The van der Waals surface area contributed by atoms with Crippen LogP contribution >= 0.6 is 0 Å². The fraction of sp³-hybridized carbons (Fsp3) is 0.417. The molecule has 0 amide bonds. The number of benzene rings is 1. The summed E-state index contributed by atoms with van der Waals surface area (Å²) in [5.74, 6) is 1.94. The van der Waals surface area contributed by atoms with Crippen molar-refractivity contribution in [3.05, 3.63) is 48.4 Å². The molecule has 2 aliphatic rings. The lowest BCUT2D eigenvalue weighted by Crippen LogP contribution is -2.26. The van der Waals surface area contributed by atoms with E-state index in [0.29, 0.717) is 48.0 Å². The van der Waals surface area contributed by atoms with Gasteiger partial charge in [-0.25, -0.2) is 9.97 Å². The van der Waals surface area contributed by atoms with Crippen LogP contribution in [0.3, 0.4) is 0 Å². The quantitative estimate of drug-likeness (QED) is 0.542. The fourth-order valence-electron chi connectivity index (χ4n) is 4.09. The molecular weight excluding hydrogens is 420 g/mol. The van der Waals surface area contributed by atoms with Crippen LogP contribution in [0, 0.1) is 23.2 Å². The number of aliphatic hydroxyl groups excluding tert-OH is 1. The highest BCUT2D eigenvalue weighted by Crippen LogP contribution is 2.39. The molecule has 2 fully saturated rings. The third kappa shape index (κ3) is 5.13. The fourth-order valence-corrected chi connectivity index (χ4v) is 4.09. The predicted molar refractivity (Wildman–Crippen MR) is 121 cm³/mol. The molecule has 1 aliphatic carbocycles. The molecule has 1 unspecified atom stereocenters. The van der Waals surface area contributed by atoms with E-state index in [-0.39, 0.29) is 12.7 Å². The van der Waals surface area contributed by atoms with Crippen LogP contribution in [0.15, 0.2) is 42.9 Å². The first-order chi connectivity index (χ1) is 16.2. The van der Waals surface area contributed by atoms with E-state index >= 15 is 0 Å². The first-order valence-electron chi connectivity index (χ1n) is 11.2. The van der Waals surface area contributed by atoms with Crippen molar-refractivity contribution in [1.29, 1.82) is 5.26 Å². The van der Waals surface area contributed by atoms with Crippen LogP contribution in [0.2, 0.25) is 0 Å². The minimum atomic E-state index is 0.0712. The highest BCUT2D eigenvalue weighted by molar-refractivity contribution is 5.65. The Hall–Kier alpha value is -3.48. The molecule has 0 spiro atoms. The van der Waals surface area contributed by atoms with Crippen LogP contribution in [-0.2, 0) is 11.3 Å². The number of hydrogen-bond acceptors (Lipinski definition) is 8. The number of ether oxygens (including phenoxy) is 2. The Labute approximate surface area is 192 Å². The van der Waals surface area contributed by atoms with Gasteiger partial charge in [0.2, 0.25) is 5.95 Å². The van der Waals surface area contributed by atoms with Crippen molar-refractivity contribution in [2.45, 2.75) is 31.9 Å². The number of nitrogens with zero attached hydrogens (tertiary/aromatic N) is 5. The van der Waals surface area contributed by atoms with Crippen LogP contribution < -0.4 is 10.1 Å². The van der Waals surface area contributed by atoms with Crippen LogP contribution in [-0.4, -0.2) is 50.8 Å². The Balaban J connectivity index is 1.27. The van der Waals surface area contributed by atoms with Crippen LogP contribution in [0.4, 0.5) is 11.6 Å². The molecule has 1 aliphatic heterocycles. The van der Waals surface area contributed by atoms with Crippen molar-refractivity contribution in [3.63, 3.8) is 0 Å². The molecule has 1 saturated heterocycles. The first kappa shape index (κ1) is 21.4. The largest absolute Gasteiger partial charge is 0.489 e. The zero-order valence-corrected chi connectivity index (χ0v) is 18.2. The minimum absolute atomic E-state index is 0.0712. The second-order valence-corrected chi connectivity index (χ2v) is 8.53. The molecule has 0 bridgehead atoms. The zero-order valence-electron chi connectivity index (χ0n) is 18.2. The monoisotopic (exact) mass is 446 g/mol. The topological polar surface area (TPSA) is 118 Å². The Morgan fingerprint density at radius 1 is 1.24 bits per heavy atom. The van der Waals surface area contributed by atoms with Gasteiger partial charge in [-0.2, -0.15) is 10.4 Å². The van der Waals surface area contributed by atoms with Gasteiger partial charge in [-0.3, -0.25) is 4.68 Å². The number of rotatable bonds is 8. The van der Waals surface area contributed by atoms with Gasteiger partial charge in [0.05, 0.1) is 36.4 Å². The van der Waals surface area contributed by atoms with E-state index in [0.717, 1.165) is 37.1 Å². The number of nitriles is 1. The first-order valence-corrected chi connectivity index (χ1v) is 11.2. The average molecular weight is 447 g/mol. The Kier molecular flexibility index (Phi) is 6.19. The molecule has 3 aromatic rings. The lowest BCUT2D eigenvalue weighted by Gasteiger charge is -2.23. The summed E-state index contributed by atoms with van der Waals surface area (Å²) >= 11 is 0. The molecule has 1 saturated carbocycles. The molecule has 170 valence electrons. The molecule has 3 heterocycles. The summed E-state index contributed by atoms with van der Waals surface area (Å²) in [4.78, 5) is 8.92. The van der Waals surface area contributed by atoms with Gasteiger partial charge in [0, 0.05) is 44.0 Å². The maximum Gasteiger partial charge on any atom is 0.227 e. The van der Waals surface area contributed by atoms with Crippen LogP contribution in [0.1, 0.15) is 24.8 Å². The van der Waals surface area contributed by atoms with Crippen LogP contribution in [0.5, 0.6) is 5.75 Å². The van der Waals surface area contributed by atoms with E-state index in [1.54, 1.807) is 18.5 Å². The van der Waals surface area contributed by atoms with Crippen molar-refractivity contribution in [1.82, 2.24) is 19.7 Å². The molecular formula is C24H26N6O3. The standard InChI is InChI=1S/C24H26N6O3/c25-11-17-9-16(1-2-23(17)33-21-4-7-32-8-5-21)22-3-6-26-24(29-22)28-20-12-27-30(14-20)13-18-10-19(18)15-31/h1-3,6,9,12,14,18-19,21,31H,4-5,7-8,10,13,15H2,(H,26,28,29)/t18?,19-/m1/s1. The minimum Gasteiger partial charge on any atom is -0.489 e. The van der Waals surface area contributed by atoms with Gasteiger partial charge in [0.15, 0.2) is 0 Å². The van der Waals surface area contributed by atoms with E-state index in [2.05, 4.69) is 26.5 Å². The van der Waals surface area contributed by atoms with E-state index in [4.69, 9.17) is 9.47 Å². The van der Waals surface area contributed by atoms with E-state index in [1.165, 1.54) is 0 Å². The lowest BCUT2D eigenvalue weighted by atomic mass is 10.1. The van der Waals surface area contributed by atoms with Crippen molar-refractivity contribution >= 4 is 11.6 Å². The highest BCUT2D eigenvalue weighted by Gasteiger charge is 2.36. The number of nitrogens with one attached hydrogen (secondary N) is 1. The molecule has 0 radical (unpaired) electrons. The summed E-state index contributed by atoms with van der Waals surface area (Å²) in [5, 5.41) is 26.4. The molecule has 5 rings (SSSR count). The van der Waals surface area contributed by atoms with Gasteiger partial charge >= 0.3 is 0 Å². The van der Waals surface area contributed by atoms with Crippen molar-refractivity contribution in [2.24, 2.45) is 11.8 Å². The maximum absolute atomic E-state index is 9.65. The smallest absolute Gasteiger partial charge is 0.227 e. The van der Waals surface area contributed by atoms with E-state index in [1.807, 2.05) is 29.1 Å². The van der Waals surface area contributed by atoms with E-state index in [9.17, 15) is 10.4 Å². The number of aliphatic hydroxyl groups is 1.